The van der Waals surface area contributed by atoms with Gasteiger partial charge in [0.1, 0.15) is 17.9 Å². The molecule has 1 saturated heterocycles. The number of halogens is 4. The first kappa shape index (κ1) is 45.3. The number of anilines is 1. The van der Waals surface area contributed by atoms with Gasteiger partial charge in [0, 0.05) is 72.6 Å². The first-order valence-electron chi connectivity index (χ1n) is 20.6. The molecule has 4 fully saturated rings. The van der Waals surface area contributed by atoms with Crippen molar-refractivity contribution >= 4 is 17.5 Å². The zero-order chi connectivity index (χ0) is 44.0. The first-order chi connectivity index (χ1) is 28.3. The summed E-state index contributed by atoms with van der Waals surface area (Å²) in [6.45, 7) is 8.11. The standard InChI is InChI=1S/C45H59F4N5O6/c1-23-33-16-28(45(33,3)4)17-36(23)51-44(58)41-38(24(2)56)37(22-55)60-54(41)20-25-11-10-12-31(42(25)59-9)26-13-27(15-30(14-26)53(7)8)43(57)50-29(21-52(5)6)18-32-39(48)34(46)19-35(47)40(32)49/h10-15,19,23-24,28-29,33,36-38,41,55-56H,16-18,20-22H2,1-9H3,(H,50,57)(H,51,58)/t23-,24-,28-,29-,33-,36-,37-,38-,41-/m0/s1. The lowest BCUT2D eigenvalue weighted by molar-refractivity contribution is -0.183. The van der Waals surface area contributed by atoms with Gasteiger partial charge in [-0.15, -0.1) is 0 Å². The maximum Gasteiger partial charge on any atom is 0.251 e. The number of aliphatic hydroxyl groups is 2. The minimum atomic E-state index is -1.53. The fourth-order valence-corrected chi connectivity index (χ4v) is 9.90. The van der Waals surface area contributed by atoms with E-state index >= 15 is 0 Å². The van der Waals surface area contributed by atoms with Crippen molar-refractivity contribution in [2.45, 2.75) is 83.8 Å². The molecular weight excluding hydrogens is 783 g/mol. The molecule has 11 nitrogen and oxygen atoms in total. The predicted octanol–water partition coefficient (Wildman–Crippen LogP) is 5.55. The van der Waals surface area contributed by atoms with Gasteiger partial charge >= 0.3 is 0 Å². The Bertz CT molecular complexity index is 2040. The van der Waals surface area contributed by atoms with E-state index in [0.29, 0.717) is 40.0 Å². The van der Waals surface area contributed by atoms with Crippen molar-refractivity contribution in [2.75, 3.05) is 53.4 Å². The van der Waals surface area contributed by atoms with Gasteiger partial charge in [0.2, 0.25) is 5.91 Å². The second-order valence-corrected chi connectivity index (χ2v) is 18.0. The normalized spacial score (nSPS) is 25.7. The molecular formula is C45H59F4N5O6. The van der Waals surface area contributed by atoms with Crippen LogP contribution in [0.3, 0.4) is 0 Å². The van der Waals surface area contributed by atoms with Crippen molar-refractivity contribution in [1.29, 1.82) is 0 Å². The molecule has 9 atom stereocenters. The van der Waals surface area contributed by atoms with E-state index in [-0.39, 0.29) is 48.0 Å². The van der Waals surface area contributed by atoms with Gasteiger partial charge in [0.25, 0.3) is 5.91 Å². The number of carbonyl (C=O) groups excluding carboxylic acids is 2. The summed E-state index contributed by atoms with van der Waals surface area (Å²) in [4.78, 5) is 38.0. The molecule has 0 unspecified atom stereocenters. The molecule has 15 heteroatoms. The fourth-order valence-electron chi connectivity index (χ4n) is 9.90. The summed E-state index contributed by atoms with van der Waals surface area (Å²) in [6.07, 6.45) is -0.311. The molecule has 1 aliphatic heterocycles. The number of hydrogen-bond donors (Lipinski definition) is 4. The van der Waals surface area contributed by atoms with E-state index in [2.05, 4.69) is 31.4 Å². The van der Waals surface area contributed by atoms with Gasteiger partial charge in [-0.25, -0.2) is 17.6 Å². The number of carbonyl (C=O) groups is 2. The van der Waals surface area contributed by atoms with E-state index in [1.165, 1.54) is 12.2 Å². The number of likely N-dealkylation sites (N-methyl/N-ethyl adjacent to an activating group) is 1. The number of methoxy groups -OCH3 is 1. The molecule has 3 aromatic carbocycles. The van der Waals surface area contributed by atoms with E-state index in [4.69, 9.17) is 9.57 Å². The number of aliphatic hydroxyl groups excluding tert-OH is 2. The Kier molecular flexibility index (Phi) is 13.6. The molecule has 4 N–H and O–H groups in total. The predicted molar refractivity (Wildman–Crippen MR) is 220 cm³/mol. The molecule has 3 saturated carbocycles. The van der Waals surface area contributed by atoms with E-state index < -0.39 is 78.0 Å². The molecule has 0 aromatic heterocycles. The van der Waals surface area contributed by atoms with Crippen LogP contribution in [0.15, 0.2) is 42.5 Å². The molecule has 1 heterocycles. The van der Waals surface area contributed by atoms with Gasteiger partial charge in [-0.05, 0) is 87.2 Å². The third-order valence-corrected chi connectivity index (χ3v) is 13.3. The highest BCUT2D eigenvalue weighted by Gasteiger charge is 2.57. The van der Waals surface area contributed by atoms with E-state index in [0.717, 1.165) is 12.8 Å². The summed E-state index contributed by atoms with van der Waals surface area (Å²) in [5.41, 5.74) is 2.07. The van der Waals surface area contributed by atoms with E-state index in [9.17, 15) is 37.4 Å². The van der Waals surface area contributed by atoms with Crippen molar-refractivity contribution in [3.8, 4) is 16.9 Å². The topological polar surface area (TPSA) is 127 Å². The average molecular weight is 842 g/mol. The Morgan fingerprint density at radius 1 is 1.03 bits per heavy atom. The second-order valence-electron chi connectivity index (χ2n) is 18.0. The number of rotatable bonds is 15. The number of ether oxygens (including phenoxy) is 1. The number of benzene rings is 3. The zero-order valence-electron chi connectivity index (χ0n) is 35.9. The molecule has 0 spiro atoms. The highest BCUT2D eigenvalue weighted by atomic mass is 19.2. The van der Waals surface area contributed by atoms with Crippen molar-refractivity contribution < 1.29 is 46.9 Å². The molecule has 0 radical (unpaired) electrons. The highest BCUT2D eigenvalue weighted by Crippen LogP contribution is 2.61. The monoisotopic (exact) mass is 841 g/mol. The third-order valence-electron chi connectivity index (χ3n) is 13.3. The van der Waals surface area contributed by atoms with Gasteiger partial charge in [-0.3, -0.25) is 14.4 Å². The summed E-state index contributed by atoms with van der Waals surface area (Å²) in [7, 11) is 8.50. The van der Waals surface area contributed by atoms with Crippen LogP contribution in [0.1, 0.15) is 62.0 Å². The number of para-hydroxylation sites is 1. The third kappa shape index (κ3) is 8.87. The van der Waals surface area contributed by atoms with Gasteiger partial charge in [0.05, 0.1) is 26.4 Å². The highest BCUT2D eigenvalue weighted by molar-refractivity contribution is 5.97. The minimum Gasteiger partial charge on any atom is -0.496 e. The number of nitrogens with zero attached hydrogens (tertiary/aromatic N) is 3. The summed E-state index contributed by atoms with van der Waals surface area (Å²) < 4.78 is 63.7. The summed E-state index contributed by atoms with van der Waals surface area (Å²) in [5.74, 6) is -5.98. The summed E-state index contributed by atoms with van der Waals surface area (Å²) >= 11 is 0. The van der Waals surface area contributed by atoms with E-state index in [1.54, 1.807) is 57.0 Å². The number of fused-ring (bicyclic) bond motifs is 2. The van der Waals surface area contributed by atoms with Crippen molar-refractivity contribution in [1.82, 2.24) is 20.6 Å². The lowest BCUT2D eigenvalue weighted by Gasteiger charge is -2.62. The van der Waals surface area contributed by atoms with Crippen LogP contribution in [0.2, 0.25) is 0 Å². The van der Waals surface area contributed by atoms with Gasteiger partial charge < -0.3 is 35.4 Å². The Labute approximate surface area is 350 Å². The summed E-state index contributed by atoms with van der Waals surface area (Å²) in [5, 5.41) is 28.9. The van der Waals surface area contributed by atoms with Crippen LogP contribution < -0.4 is 20.3 Å². The van der Waals surface area contributed by atoms with Gasteiger partial charge in [-0.2, -0.15) is 5.06 Å². The summed E-state index contributed by atoms with van der Waals surface area (Å²) in [6, 6.07) is 8.85. The SMILES string of the molecule is COc1c(CN2O[C@@H](CO)[C@H]([C@H](C)O)[C@H]2C(=O)N[C@H]2C[C@@H]3C[C@@H]([C@@H]2C)C3(C)C)cccc1-c1cc(C(=O)N[C@@H](Cc2c(F)c(F)cc(F)c2F)CN(C)C)cc(N(C)C)c1. The van der Waals surface area contributed by atoms with Crippen LogP contribution in [0.25, 0.3) is 11.1 Å². The smallest absolute Gasteiger partial charge is 0.251 e. The van der Waals surface area contributed by atoms with Crippen LogP contribution >= 0.6 is 0 Å². The first-order valence-corrected chi connectivity index (χ1v) is 20.6. The molecule has 7 rings (SSSR count). The molecule has 2 amide bonds. The average Bonchev–Trinajstić information content (AvgIpc) is 3.57. The fraction of sp³-hybridized carbons (Fsp3) is 0.556. The maximum atomic E-state index is 14.7. The van der Waals surface area contributed by atoms with Gasteiger partial charge in [0.15, 0.2) is 23.3 Å². The van der Waals surface area contributed by atoms with Crippen LogP contribution in [-0.2, 0) is 22.6 Å². The largest absolute Gasteiger partial charge is 0.496 e. The van der Waals surface area contributed by atoms with Crippen LogP contribution in [-0.4, -0.2) is 111 Å². The molecule has 4 aliphatic rings. The number of nitrogens with one attached hydrogen (secondary N) is 2. The molecule has 3 aliphatic carbocycles. The van der Waals surface area contributed by atoms with Crippen molar-refractivity contribution in [3.05, 3.63) is 82.4 Å². The number of hydroxylamine groups is 2. The Hall–Kier alpha value is -4.28. The number of hydrogen-bond acceptors (Lipinski definition) is 9. The molecule has 2 bridgehead atoms. The number of amides is 2. The van der Waals surface area contributed by atoms with E-state index in [1.807, 2.05) is 24.3 Å². The second kappa shape index (κ2) is 18.0. The Morgan fingerprint density at radius 3 is 2.28 bits per heavy atom. The van der Waals surface area contributed by atoms with Gasteiger partial charge in [-0.1, -0.05) is 39.0 Å². The Balaban J connectivity index is 1.30. The minimum absolute atomic E-state index is 0.0305. The quantitative estimate of drug-likeness (QED) is 0.115. The van der Waals surface area contributed by atoms with Crippen LogP contribution in [0.4, 0.5) is 23.2 Å². The van der Waals surface area contributed by atoms with Crippen LogP contribution in [0.5, 0.6) is 5.75 Å². The lowest BCUT2D eigenvalue weighted by atomic mass is 9.45. The molecule has 3 aromatic rings. The molecule has 328 valence electrons. The maximum absolute atomic E-state index is 14.7. The van der Waals surface area contributed by atoms with Crippen molar-refractivity contribution in [3.63, 3.8) is 0 Å². The zero-order valence-corrected chi connectivity index (χ0v) is 35.9. The lowest BCUT2D eigenvalue weighted by Crippen LogP contribution is -2.62. The molecule has 60 heavy (non-hydrogen) atoms. The Morgan fingerprint density at radius 2 is 1.72 bits per heavy atom. The van der Waals surface area contributed by atoms with Crippen molar-refractivity contribution in [2.24, 2.45) is 29.1 Å². The van der Waals surface area contributed by atoms with Crippen LogP contribution in [0, 0.1) is 52.4 Å².